The zero-order chi connectivity index (χ0) is 14.5. The maximum Gasteiger partial charge on any atom is 0.247 e. The first kappa shape index (κ1) is 15.4. The molecule has 0 fully saturated rings. The van der Waals surface area contributed by atoms with Crippen LogP contribution in [0.15, 0.2) is 46.7 Å². The molecule has 6 heteroatoms. The second-order valence-corrected chi connectivity index (χ2v) is 5.98. The number of sulfone groups is 1. The molecule has 1 N–H and O–H groups in total. The van der Waals surface area contributed by atoms with E-state index in [1.54, 1.807) is 25.1 Å². The first-order valence-electron chi connectivity index (χ1n) is 5.74. The predicted molar refractivity (Wildman–Crippen MR) is 72.1 cm³/mol. The van der Waals surface area contributed by atoms with Gasteiger partial charge in [0.25, 0.3) is 0 Å². The molecule has 1 amide bonds. The molecule has 5 nitrogen and oxygen atoms in total. The quantitative estimate of drug-likeness (QED) is 0.812. The molecule has 1 aromatic rings. The van der Waals surface area contributed by atoms with Crippen molar-refractivity contribution in [1.29, 1.82) is 0 Å². The molecule has 0 aliphatic carbocycles. The van der Waals surface area contributed by atoms with Crippen molar-refractivity contribution in [2.75, 3.05) is 13.7 Å². The number of hydrogen-bond acceptors (Lipinski definition) is 4. The molecule has 0 aliphatic heterocycles. The van der Waals surface area contributed by atoms with Gasteiger partial charge in [-0.2, -0.15) is 0 Å². The van der Waals surface area contributed by atoms with Crippen molar-refractivity contribution in [2.24, 2.45) is 0 Å². The zero-order valence-electron chi connectivity index (χ0n) is 10.9. The number of carbonyl (C=O) groups excluding carboxylic acids is 1. The topological polar surface area (TPSA) is 74.7 Å². The largest absolute Gasteiger partial charge is 0.394 e. The second kappa shape index (κ2) is 6.49. The van der Waals surface area contributed by atoms with Gasteiger partial charge in [0.15, 0.2) is 9.84 Å². The summed E-state index contributed by atoms with van der Waals surface area (Å²) in [5.74, 6) is -0.471. The van der Waals surface area contributed by atoms with Gasteiger partial charge >= 0.3 is 0 Å². The van der Waals surface area contributed by atoms with E-state index in [9.17, 15) is 13.2 Å². The molecule has 0 spiro atoms. The molecule has 0 saturated heterocycles. The molecule has 0 heterocycles. The molecule has 0 saturated carbocycles. The molecule has 0 bridgehead atoms. The minimum atomic E-state index is -3.61. The summed E-state index contributed by atoms with van der Waals surface area (Å²) < 4.78 is 23.8. The van der Waals surface area contributed by atoms with Crippen molar-refractivity contribution in [3.05, 3.63) is 41.8 Å². The summed E-state index contributed by atoms with van der Waals surface area (Å²) in [6.45, 7) is 1.49. The van der Waals surface area contributed by atoms with Crippen LogP contribution in [0.25, 0.3) is 0 Å². The number of rotatable bonds is 5. The van der Waals surface area contributed by atoms with E-state index in [4.69, 9.17) is 5.11 Å². The van der Waals surface area contributed by atoms with Crippen molar-refractivity contribution in [2.45, 2.75) is 17.9 Å². The third-order valence-corrected chi connectivity index (χ3v) is 4.16. The molecule has 0 aliphatic rings. The smallest absolute Gasteiger partial charge is 0.247 e. The number of aliphatic hydroxyl groups excluding tert-OH is 1. The second-order valence-electron chi connectivity index (χ2n) is 4.14. The Hall–Kier alpha value is -1.66. The predicted octanol–water partition coefficient (Wildman–Crippen LogP) is 0.813. The summed E-state index contributed by atoms with van der Waals surface area (Å²) in [5.41, 5.74) is 0. The van der Waals surface area contributed by atoms with Crippen molar-refractivity contribution in [1.82, 2.24) is 4.90 Å². The molecule has 0 radical (unpaired) electrons. The Kier molecular flexibility index (Phi) is 5.26. The lowest BCUT2D eigenvalue weighted by Gasteiger charge is -2.21. The third kappa shape index (κ3) is 4.18. The molecule has 1 atom stereocenters. The maximum atomic E-state index is 11.9. The third-order valence-electron chi connectivity index (χ3n) is 2.73. The van der Waals surface area contributed by atoms with E-state index in [-0.39, 0.29) is 17.5 Å². The SMILES string of the molecule is CC(CO)N(C)C(=O)/C=C/S(=O)(=O)c1ccccc1. The van der Waals surface area contributed by atoms with Crippen molar-refractivity contribution in [3.63, 3.8) is 0 Å². The maximum absolute atomic E-state index is 11.9. The van der Waals surface area contributed by atoms with Gasteiger partial charge in [-0.15, -0.1) is 0 Å². The number of likely N-dealkylation sites (N-methyl/N-ethyl adjacent to an activating group) is 1. The van der Waals surface area contributed by atoms with Crippen LogP contribution in [-0.4, -0.2) is 44.0 Å². The Balaban J connectivity index is 2.85. The molecule has 104 valence electrons. The summed E-state index contributed by atoms with van der Waals surface area (Å²) in [4.78, 5) is 13.1. The Labute approximate surface area is 113 Å². The highest BCUT2D eigenvalue weighted by atomic mass is 32.2. The Morgan fingerprint density at radius 2 is 1.95 bits per heavy atom. The van der Waals surface area contributed by atoms with Crippen molar-refractivity contribution >= 4 is 15.7 Å². The molecule has 1 rings (SSSR count). The van der Waals surface area contributed by atoms with Crippen LogP contribution < -0.4 is 0 Å². The highest BCUT2D eigenvalue weighted by Gasteiger charge is 2.14. The standard InChI is InChI=1S/C13H17NO4S/c1-11(10-15)14(2)13(16)8-9-19(17,18)12-6-4-3-5-7-12/h3-9,11,15H,10H2,1-2H3/b9-8+. The van der Waals surface area contributed by atoms with Crippen LogP contribution in [0.3, 0.4) is 0 Å². The van der Waals surface area contributed by atoms with E-state index in [1.165, 1.54) is 24.1 Å². The fourth-order valence-corrected chi connectivity index (χ4v) is 2.28. The van der Waals surface area contributed by atoms with Crippen LogP contribution in [0.1, 0.15) is 6.92 Å². The first-order valence-corrected chi connectivity index (χ1v) is 7.29. The van der Waals surface area contributed by atoms with Crippen LogP contribution >= 0.6 is 0 Å². The van der Waals surface area contributed by atoms with Crippen LogP contribution in [0.4, 0.5) is 0 Å². The summed E-state index contributed by atoms with van der Waals surface area (Å²) >= 11 is 0. The van der Waals surface area contributed by atoms with Gasteiger partial charge in [-0.25, -0.2) is 8.42 Å². The molecule has 1 aromatic carbocycles. The number of carbonyl (C=O) groups is 1. The minimum absolute atomic E-state index is 0.136. The average molecular weight is 283 g/mol. The number of benzene rings is 1. The van der Waals surface area contributed by atoms with Gasteiger partial charge in [0.1, 0.15) is 0 Å². The van der Waals surface area contributed by atoms with Gasteiger partial charge in [0, 0.05) is 18.5 Å². The normalized spacial score (nSPS) is 13.4. The van der Waals surface area contributed by atoms with Gasteiger partial charge in [-0.1, -0.05) is 18.2 Å². The van der Waals surface area contributed by atoms with Crippen LogP contribution in [0, 0.1) is 0 Å². The number of nitrogens with zero attached hydrogens (tertiary/aromatic N) is 1. The molecular formula is C13H17NO4S. The number of amides is 1. The van der Waals surface area contributed by atoms with Crippen LogP contribution in [-0.2, 0) is 14.6 Å². The van der Waals surface area contributed by atoms with E-state index in [0.717, 1.165) is 11.5 Å². The monoisotopic (exact) mass is 283 g/mol. The number of aliphatic hydroxyl groups is 1. The highest BCUT2D eigenvalue weighted by Crippen LogP contribution is 2.11. The van der Waals surface area contributed by atoms with Gasteiger partial charge in [-0.05, 0) is 19.1 Å². The summed E-state index contributed by atoms with van der Waals surface area (Å²) in [5, 5.41) is 9.80. The van der Waals surface area contributed by atoms with E-state index >= 15 is 0 Å². The van der Waals surface area contributed by atoms with Crippen LogP contribution in [0.5, 0.6) is 0 Å². The molecular weight excluding hydrogens is 266 g/mol. The van der Waals surface area contributed by atoms with Gasteiger partial charge in [0.2, 0.25) is 5.91 Å². The highest BCUT2D eigenvalue weighted by molar-refractivity contribution is 7.94. The summed E-state index contributed by atoms with van der Waals surface area (Å²) in [6.07, 6.45) is 0.995. The van der Waals surface area contributed by atoms with Crippen molar-refractivity contribution < 1.29 is 18.3 Å². The fraction of sp³-hybridized carbons (Fsp3) is 0.308. The van der Waals surface area contributed by atoms with E-state index in [1.807, 2.05) is 0 Å². The lowest BCUT2D eigenvalue weighted by atomic mass is 10.3. The lowest BCUT2D eigenvalue weighted by molar-refractivity contribution is -0.127. The molecule has 19 heavy (non-hydrogen) atoms. The number of hydrogen-bond donors (Lipinski definition) is 1. The van der Waals surface area contributed by atoms with Gasteiger partial charge in [-0.3, -0.25) is 4.79 Å². The average Bonchev–Trinajstić information content (AvgIpc) is 2.44. The van der Waals surface area contributed by atoms with Gasteiger partial charge in [0.05, 0.1) is 17.5 Å². The lowest BCUT2D eigenvalue weighted by Crippen LogP contribution is -2.36. The van der Waals surface area contributed by atoms with Gasteiger partial charge < -0.3 is 10.0 Å². The molecule has 0 aromatic heterocycles. The van der Waals surface area contributed by atoms with E-state index in [0.29, 0.717) is 0 Å². The van der Waals surface area contributed by atoms with Crippen molar-refractivity contribution in [3.8, 4) is 0 Å². The van der Waals surface area contributed by atoms with E-state index in [2.05, 4.69) is 0 Å². The van der Waals surface area contributed by atoms with E-state index < -0.39 is 15.7 Å². The Bertz CT molecular complexity index is 551. The Morgan fingerprint density at radius 3 is 2.47 bits per heavy atom. The summed E-state index contributed by atoms with van der Waals surface area (Å²) in [6, 6.07) is 7.50. The molecule has 1 unspecified atom stereocenters. The minimum Gasteiger partial charge on any atom is -0.394 e. The first-order chi connectivity index (χ1) is 8.88. The van der Waals surface area contributed by atoms with Crippen LogP contribution in [0.2, 0.25) is 0 Å². The zero-order valence-corrected chi connectivity index (χ0v) is 11.7. The Morgan fingerprint density at radius 1 is 1.37 bits per heavy atom. The summed E-state index contributed by atoms with van der Waals surface area (Å²) in [7, 11) is -2.11. The fourth-order valence-electron chi connectivity index (χ4n) is 1.29.